The van der Waals surface area contributed by atoms with Crippen molar-refractivity contribution >= 4 is 52.8 Å². The third-order valence-electron chi connectivity index (χ3n) is 4.64. The van der Waals surface area contributed by atoms with E-state index in [1.165, 1.54) is 64.2 Å². The van der Waals surface area contributed by atoms with Crippen LogP contribution >= 0.6 is 34.0 Å². The van der Waals surface area contributed by atoms with Crippen LogP contribution in [0.3, 0.4) is 0 Å². The van der Waals surface area contributed by atoms with E-state index in [4.69, 9.17) is 0 Å². The summed E-state index contributed by atoms with van der Waals surface area (Å²) in [5, 5.41) is 4.85. The van der Waals surface area contributed by atoms with Gasteiger partial charge in [-0.3, -0.25) is 0 Å². The first-order valence-corrected chi connectivity index (χ1v) is 11.8. The fraction of sp³-hybridized carbons (Fsp3) is 0.600. The van der Waals surface area contributed by atoms with Gasteiger partial charge in [0.25, 0.3) is 0 Å². The molecule has 3 heteroatoms. The maximum absolute atomic E-state index is 2.42. The number of thiophene rings is 3. The smallest absolute Gasteiger partial charge is 0.0632 e. The average Bonchev–Trinajstić information content (AvgIpc) is 3.21. The quantitative estimate of drug-likeness (QED) is 0.317. The van der Waals surface area contributed by atoms with E-state index in [0.29, 0.717) is 0 Å². The number of aryl methyl sites for hydroxylation is 2. The largest absolute Gasteiger partial charge is 0.141 e. The molecule has 0 N–H and O–H groups in total. The van der Waals surface area contributed by atoms with Crippen LogP contribution < -0.4 is 0 Å². The molecule has 126 valence electrons. The highest BCUT2D eigenvalue weighted by Crippen LogP contribution is 2.45. The minimum atomic E-state index is 1.28. The van der Waals surface area contributed by atoms with Gasteiger partial charge in [-0.05, 0) is 47.6 Å². The van der Waals surface area contributed by atoms with E-state index in [-0.39, 0.29) is 0 Å². The summed E-state index contributed by atoms with van der Waals surface area (Å²) in [6.45, 7) is 4.58. The van der Waals surface area contributed by atoms with Gasteiger partial charge in [0.15, 0.2) is 0 Å². The van der Waals surface area contributed by atoms with Crippen LogP contribution in [0.5, 0.6) is 0 Å². The fourth-order valence-electron chi connectivity index (χ4n) is 3.23. The van der Waals surface area contributed by atoms with Gasteiger partial charge in [0.1, 0.15) is 0 Å². The average molecular weight is 365 g/mol. The number of hydrogen-bond acceptors (Lipinski definition) is 3. The predicted octanol–water partition coefficient (Wildman–Crippen LogP) is 8.42. The van der Waals surface area contributed by atoms with Crippen LogP contribution in [0, 0.1) is 0 Å². The van der Waals surface area contributed by atoms with Crippen molar-refractivity contribution in [1.82, 2.24) is 0 Å². The number of unbranched alkanes of at least 4 members (excludes halogenated alkanes) is 6. The van der Waals surface area contributed by atoms with Crippen molar-refractivity contribution < 1.29 is 0 Å². The lowest BCUT2D eigenvalue weighted by Crippen LogP contribution is -1.83. The lowest BCUT2D eigenvalue weighted by Gasteiger charge is -1.99. The molecule has 0 saturated heterocycles. The van der Waals surface area contributed by atoms with Crippen LogP contribution in [0.25, 0.3) is 18.8 Å². The number of rotatable bonds is 10. The van der Waals surface area contributed by atoms with Crippen LogP contribution in [0.2, 0.25) is 0 Å². The van der Waals surface area contributed by atoms with Gasteiger partial charge in [-0.15, -0.1) is 34.0 Å². The molecule has 3 rings (SSSR count). The molecular formula is C20H28S3. The Kier molecular flexibility index (Phi) is 6.55. The van der Waals surface area contributed by atoms with Gasteiger partial charge >= 0.3 is 0 Å². The Morgan fingerprint density at radius 2 is 1.09 bits per heavy atom. The predicted molar refractivity (Wildman–Crippen MR) is 111 cm³/mol. The van der Waals surface area contributed by atoms with E-state index in [2.05, 4.69) is 35.9 Å². The van der Waals surface area contributed by atoms with E-state index < -0.39 is 0 Å². The first-order chi connectivity index (χ1) is 11.3. The van der Waals surface area contributed by atoms with E-state index in [0.717, 1.165) is 0 Å². The molecule has 0 radical (unpaired) electrons. The monoisotopic (exact) mass is 364 g/mol. The van der Waals surface area contributed by atoms with Gasteiger partial charge in [-0.25, -0.2) is 0 Å². The maximum atomic E-state index is 2.42. The SMILES string of the molecule is CCCCCCc1csc2c1sc1c(CCCCCC)csc12. The van der Waals surface area contributed by atoms with E-state index in [1.54, 1.807) is 29.9 Å². The normalized spacial score (nSPS) is 11.9. The highest BCUT2D eigenvalue weighted by atomic mass is 32.1. The summed E-state index contributed by atoms with van der Waals surface area (Å²) in [6, 6.07) is 0. The Morgan fingerprint density at radius 1 is 0.609 bits per heavy atom. The molecule has 0 saturated carbocycles. The van der Waals surface area contributed by atoms with Gasteiger partial charge in [-0.1, -0.05) is 52.4 Å². The summed E-state index contributed by atoms with van der Waals surface area (Å²) in [4.78, 5) is 0. The van der Waals surface area contributed by atoms with E-state index in [1.807, 2.05) is 22.7 Å². The van der Waals surface area contributed by atoms with Crippen LogP contribution in [0.15, 0.2) is 10.8 Å². The first kappa shape index (κ1) is 17.4. The second-order valence-corrected chi connectivity index (χ2v) is 9.34. The zero-order chi connectivity index (χ0) is 16.1. The molecule has 3 aromatic heterocycles. The third-order valence-corrected chi connectivity index (χ3v) is 8.46. The number of hydrogen-bond donors (Lipinski definition) is 0. The Balaban J connectivity index is 1.73. The zero-order valence-electron chi connectivity index (χ0n) is 14.5. The topological polar surface area (TPSA) is 0 Å². The van der Waals surface area contributed by atoms with Crippen molar-refractivity contribution in [3.8, 4) is 0 Å². The molecule has 0 amide bonds. The summed E-state index contributed by atoms with van der Waals surface area (Å²) in [7, 11) is 0. The van der Waals surface area contributed by atoms with E-state index in [9.17, 15) is 0 Å². The van der Waals surface area contributed by atoms with Crippen LogP contribution in [-0.2, 0) is 12.8 Å². The van der Waals surface area contributed by atoms with Crippen LogP contribution in [-0.4, -0.2) is 0 Å². The summed E-state index contributed by atoms with van der Waals surface area (Å²) in [6.07, 6.45) is 13.5. The molecule has 0 aromatic carbocycles. The van der Waals surface area contributed by atoms with Crippen molar-refractivity contribution in [1.29, 1.82) is 0 Å². The van der Waals surface area contributed by atoms with Crippen molar-refractivity contribution in [2.24, 2.45) is 0 Å². The fourth-order valence-corrected chi connectivity index (χ4v) is 7.40. The molecule has 3 heterocycles. The molecule has 3 aromatic rings. The molecule has 0 fully saturated rings. The molecule has 0 atom stereocenters. The Morgan fingerprint density at radius 3 is 1.52 bits per heavy atom. The highest BCUT2D eigenvalue weighted by Gasteiger charge is 2.15. The molecule has 0 unspecified atom stereocenters. The highest BCUT2D eigenvalue weighted by molar-refractivity contribution is 7.38. The Bertz CT molecular complexity index is 668. The van der Waals surface area contributed by atoms with Crippen LogP contribution in [0.1, 0.15) is 76.3 Å². The van der Waals surface area contributed by atoms with Crippen molar-refractivity contribution in [3.05, 3.63) is 21.9 Å². The van der Waals surface area contributed by atoms with Crippen LogP contribution in [0.4, 0.5) is 0 Å². The lowest BCUT2D eigenvalue weighted by atomic mass is 10.1. The Hall–Kier alpha value is -0.380. The van der Waals surface area contributed by atoms with Gasteiger partial charge in [-0.2, -0.15) is 0 Å². The molecule has 0 nitrogen and oxygen atoms in total. The molecule has 0 aliphatic carbocycles. The first-order valence-electron chi connectivity index (χ1n) is 9.24. The maximum Gasteiger partial charge on any atom is 0.0632 e. The number of fused-ring (bicyclic) bond motifs is 3. The summed E-state index contributed by atoms with van der Waals surface area (Å²) in [5.41, 5.74) is 3.23. The van der Waals surface area contributed by atoms with Crippen molar-refractivity contribution in [2.45, 2.75) is 78.1 Å². The minimum absolute atomic E-state index is 1.28. The minimum Gasteiger partial charge on any atom is -0.141 e. The Labute approximate surface area is 152 Å². The zero-order valence-corrected chi connectivity index (χ0v) is 16.9. The van der Waals surface area contributed by atoms with Gasteiger partial charge in [0.05, 0.1) is 18.8 Å². The third kappa shape index (κ3) is 4.00. The summed E-state index contributed by atoms with van der Waals surface area (Å²) < 4.78 is 6.34. The van der Waals surface area contributed by atoms with Crippen molar-refractivity contribution in [2.75, 3.05) is 0 Å². The van der Waals surface area contributed by atoms with Gasteiger partial charge in [0.2, 0.25) is 0 Å². The standard InChI is InChI=1S/C20H28S3/c1-3-5-7-9-11-15-13-21-19-17(15)23-18-16(14-22-20(18)19)12-10-8-6-4-2/h13-14H,3-12H2,1-2H3. The van der Waals surface area contributed by atoms with E-state index >= 15 is 0 Å². The molecular weight excluding hydrogens is 336 g/mol. The van der Waals surface area contributed by atoms with Crippen molar-refractivity contribution in [3.63, 3.8) is 0 Å². The second-order valence-electron chi connectivity index (χ2n) is 6.56. The molecule has 0 spiro atoms. The van der Waals surface area contributed by atoms with Gasteiger partial charge < -0.3 is 0 Å². The lowest BCUT2D eigenvalue weighted by molar-refractivity contribution is 0.669. The molecule has 23 heavy (non-hydrogen) atoms. The summed E-state index contributed by atoms with van der Waals surface area (Å²) in [5.74, 6) is 0. The molecule has 0 aliphatic rings. The second kappa shape index (κ2) is 8.64. The summed E-state index contributed by atoms with van der Waals surface area (Å²) >= 11 is 6.04. The van der Waals surface area contributed by atoms with Gasteiger partial charge in [0, 0.05) is 0 Å². The molecule has 0 aliphatic heterocycles. The molecule has 0 bridgehead atoms.